The average Bonchev–Trinajstić information content (AvgIpc) is 2.14. The first-order chi connectivity index (χ1) is 7.52. The SMILES string of the molecule is CC(C)OCCOCCCC(=O)OC(C)C. The summed E-state index contributed by atoms with van der Waals surface area (Å²) in [5.41, 5.74) is 0. The van der Waals surface area contributed by atoms with Gasteiger partial charge in [-0.25, -0.2) is 0 Å². The zero-order valence-corrected chi connectivity index (χ0v) is 10.8. The van der Waals surface area contributed by atoms with Crippen LogP contribution >= 0.6 is 0 Å². The average molecular weight is 232 g/mol. The number of rotatable bonds is 9. The van der Waals surface area contributed by atoms with Gasteiger partial charge in [-0.05, 0) is 34.1 Å². The van der Waals surface area contributed by atoms with Crippen LogP contribution in [0, 0.1) is 0 Å². The molecule has 0 aromatic heterocycles. The molecule has 0 fully saturated rings. The quantitative estimate of drug-likeness (QED) is 0.451. The number of carbonyl (C=O) groups excluding carboxylic acids is 1. The topological polar surface area (TPSA) is 44.8 Å². The smallest absolute Gasteiger partial charge is 0.306 e. The van der Waals surface area contributed by atoms with Gasteiger partial charge in [-0.1, -0.05) is 0 Å². The van der Waals surface area contributed by atoms with Crippen LogP contribution < -0.4 is 0 Å². The van der Waals surface area contributed by atoms with E-state index in [1.54, 1.807) is 0 Å². The van der Waals surface area contributed by atoms with Crippen LogP contribution in [0.15, 0.2) is 0 Å². The summed E-state index contributed by atoms with van der Waals surface area (Å²) in [5, 5.41) is 0. The van der Waals surface area contributed by atoms with E-state index in [2.05, 4.69) is 0 Å². The zero-order valence-electron chi connectivity index (χ0n) is 10.8. The van der Waals surface area contributed by atoms with Crippen LogP contribution in [0.1, 0.15) is 40.5 Å². The normalized spacial score (nSPS) is 11.1. The Morgan fingerprint density at radius 3 is 2.25 bits per heavy atom. The van der Waals surface area contributed by atoms with E-state index in [9.17, 15) is 4.79 Å². The molecule has 0 rings (SSSR count). The molecular formula is C12H24O4. The standard InChI is InChI=1S/C12H24O4/c1-10(2)15-9-8-14-7-5-6-12(13)16-11(3)4/h10-11H,5-9H2,1-4H3. The fraction of sp³-hybridized carbons (Fsp3) is 0.917. The van der Waals surface area contributed by atoms with Gasteiger partial charge >= 0.3 is 5.97 Å². The molecule has 0 N–H and O–H groups in total. The van der Waals surface area contributed by atoms with Crippen LogP contribution in [0.3, 0.4) is 0 Å². The van der Waals surface area contributed by atoms with Gasteiger partial charge in [-0.15, -0.1) is 0 Å². The third kappa shape index (κ3) is 11.5. The monoisotopic (exact) mass is 232 g/mol. The van der Waals surface area contributed by atoms with Gasteiger partial charge in [0, 0.05) is 13.0 Å². The summed E-state index contributed by atoms with van der Waals surface area (Å²) in [6, 6.07) is 0. The number of hydrogen-bond donors (Lipinski definition) is 0. The molecule has 96 valence electrons. The molecule has 0 saturated carbocycles. The second kappa shape index (κ2) is 9.60. The van der Waals surface area contributed by atoms with Gasteiger partial charge in [0.2, 0.25) is 0 Å². The highest BCUT2D eigenvalue weighted by molar-refractivity contribution is 5.69. The molecule has 0 aliphatic carbocycles. The largest absolute Gasteiger partial charge is 0.463 e. The minimum Gasteiger partial charge on any atom is -0.463 e. The number of esters is 1. The molecular weight excluding hydrogens is 208 g/mol. The number of carbonyl (C=O) groups is 1. The Kier molecular flexibility index (Phi) is 9.24. The van der Waals surface area contributed by atoms with Gasteiger partial charge in [-0.2, -0.15) is 0 Å². The third-order valence-electron chi connectivity index (χ3n) is 1.72. The second-order valence-electron chi connectivity index (χ2n) is 4.17. The second-order valence-corrected chi connectivity index (χ2v) is 4.17. The molecule has 16 heavy (non-hydrogen) atoms. The van der Waals surface area contributed by atoms with E-state index in [-0.39, 0.29) is 18.2 Å². The van der Waals surface area contributed by atoms with Crippen molar-refractivity contribution < 1.29 is 19.0 Å². The van der Waals surface area contributed by atoms with E-state index >= 15 is 0 Å². The molecule has 0 aromatic rings. The molecule has 0 aliphatic rings. The molecule has 0 aromatic carbocycles. The molecule has 0 spiro atoms. The fourth-order valence-electron chi connectivity index (χ4n) is 1.09. The Bertz CT molecular complexity index is 178. The van der Waals surface area contributed by atoms with E-state index in [0.717, 1.165) is 0 Å². The van der Waals surface area contributed by atoms with Gasteiger partial charge in [-0.3, -0.25) is 4.79 Å². The van der Waals surface area contributed by atoms with Crippen LogP contribution in [0.5, 0.6) is 0 Å². The van der Waals surface area contributed by atoms with Crippen molar-refractivity contribution in [2.45, 2.75) is 52.7 Å². The first-order valence-corrected chi connectivity index (χ1v) is 5.91. The Labute approximate surface area is 98.3 Å². The predicted molar refractivity (Wildman–Crippen MR) is 62.4 cm³/mol. The Morgan fingerprint density at radius 1 is 1.00 bits per heavy atom. The van der Waals surface area contributed by atoms with Gasteiger partial charge < -0.3 is 14.2 Å². The summed E-state index contributed by atoms with van der Waals surface area (Å²) < 4.78 is 15.6. The molecule has 0 aliphatic heterocycles. The fourth-order valence-corrected chi connectivity index (χ4v) is 1.09. The minimum absolute atomic E-state index is 0.0344. The molecule has 4 heteroatoms. The maximum absolute atomic E-state index is 11.1. The van der Waals surface area contributed by atoms with E-state index < -0.39 is 0 Å². The lowest BCUT2D eigenvalue weighted by Gasteiger charge is -2.09. The molecule has 0 bridgehead atoms. The van der Waals surface area contributed by atoms with Gasteiger partial charge in [0.15, 0.2) is 0 Å². The van der Waals surface area contributed by atoms with Crippen molar-refractivity contribution in [1.29, 1.82) is 0 Å². The van der Waals surface area contributed by atoms with Gasteiger partial charge in [0.1, 0.15) is 0 Å². The summed E-state index contributed by atoms with van der Waals surface area (Å²) in [7, 11) is 0. The number of hydrogen-bond acceptors (Lipinski definition) is 4. The highest BCUT2D eigenvalue weighted by atomic mass is 16.5. The summed E-state index contributed by atoms with van der Waals surface area (Å²) in [6.07, 6.45) is 1.33. The lowest BCUT2D eigenvalue weighted by Crippen LogP contribution is -2.13. The van der Waals surface area contributed by atoms with Crippen LogP contribution in [-0.2, 0) is 19.0 Å². The lowest BCUT2D eigenvalue weighted by atomic mass is 10.3. The maximum atomic E-state index is 11.1. The third-order valence-corrected chi connectivity index (χ3v) is 1.72. The highest BCUT2D eigenvalue weighted by Crippen LogP contribution is 1.97. The van der Waals surface area contributed by atoms with Crippen molar-refractivity contribution in [3.63, 3.8) is 0 Å². The molecule has 0 heterocycles. The summed E-state index contributed by atoms with van der Waals surface area (Å²) in [5.74, 6) is -0.156. The first kappa shape index (κ1) is 15.4. The highest BCUT2D eigenvalue weighted by Gasteiger charge is 2.04. The maximum Gasteiger partial charge on any atom is 0.306 e. The van der Waals surface area contributed by atoms with Gasteiger partial charge in [0.05, 0.1) is 25.4 Å². The molecule has 0 unspecified atom stereocenters. The van der Waals surface area contributed by atoms with E-state index in [1.807, 2.05) is 27.7 Å². The molecule has 0 atom stereocenters. The van der Waals surface area contributed by atoms with E-state index in [4.69, 9.17) is 14.2 Å². The van der Waals surface area contributed by atoms with E-state index in [0.29, 0.717) is 32.7 Å². The molecule has 0 saturated heterocycles. The summed E-state index contributed by atoms with van der Waals surface area (Å²) >= 11 is 0. The van der Waals surface area contributed by atoms with Crippen molar-refractivity contribution in [3.05, 3.63) is 0 Å². The molecule has 0 amide bonds. The van der Waals surface area contributed by atoms with Crippen molar-refractivity contribution in [2.75, 3.05) is 19.8 Å². The summed E-state index contributed by atoms with van der Waals surface area (Å²) in [6.45, 7) is 9.43. The van der Waals surface area contributed by atoms with Crippen LogP contribution in [0.4, 0.5) is 0 Å². The summed E-state index contributed by atoms with van der Waals surface area (Å²) in [4.78, 5) is 11.1. The predicted octanol–water partition coefficient (Wildman–Crippen LogP) is 2.16. The minimum atomic E-state index is -0.156. The van der Waals surface area contributed by atoms with Gasteiger partial charge in [0.25, 0.3) is 0 Å². The Morgan fingerprint density at radius 2 is 1.69 bits per heavy atom. The number of ether oxygens (including phenoxy) is 3. The molecule has 0 radical (unpaired) electrons. The Hall–Kier alpha value is -0.610. The van der Waals surface area contributed by atoms with Crippen LogP contribution in [0.25, 0.3) is 0 Å². The zero-order chi connectivity index (χ0) is 12.4. The molecule has 4 nitrogen and oxygen atoms in total. The van der Waals surface area contributed by atoms with Crippen molar-refractivity contribution in [2.24, 2.45) is 0 Å². The van der Waals surface area contributed by atoms with Crippen molar-refractivity contribution in [3.8, 4) is 0 Å². The van der Waals surface area contributed by atoms with Crippen LogP contribution in [-0.4, -0.2) is 38.0 Å². The van der Waals surface area contributed by atoms with Crippen molar-refractivity contribution >= 4 is 5.97 Å². The lowest BCUT2D eigenvalue weighted by molar-refractivity contribution is -0.147. The van der Waals surface area contributed by atoms with Crippen LogP contribution in [0.2, 0.25) is 0 Å². The Balaban J connectivity index is 3.18. The van der Waals surface area contributed by atoms with E-state index in [1.165, 1.54) is 0 Å². The van der Waals surface area contributed by atoms with Crippen molar-refractivity contribution in [1.82, 2.24) is 0 Å². The first-order valence-electron chi connectivity index (χ1n) is 5.91.